The minimum atomic E-state index is -1.46. The standard InChI is InChI=1S/C13H14ClNO4/c14-10-4-1-9(2-5-10)3-6-12(17)15-8-7-11(16)13(18)19/h1-6,11,16H,7-8H2,(H,15,17)(H,18,19)/b6-3+. The smallest absolute Gasteiger partial charge is 0.332 e. The first kappa shape index (κ1) is 15.2. The maximum Gasteiger partial charge on any atom is 0.332 e. The van der Waals surface area contributed by atoms with E-state index in [0.29, 0.717) is 5.02 Å². The van der Waals surface area contributed by atoms with Gasteiger partial charge in [-0.25, -0.2) is 4.79 Å². The Morgan fingerprint density at radius 2 is 1.95 bits per heavy atom. The maximum absolute atomic E-state index is 11.4. The van der Waals surface area contributed by atoms with Gasteiger partial charge in [0, 0.05) is 24.1 Å². The van der Waals surface area contributed by atoms with Gasteiger partial charge >= 0.3 is 5.97 Å². The van der Waals surface area contributed by atoms with Gasteiger partial charge in [-0.15, -0.1) is 0 Å². The fourth-order valence-corrected chi connectivity index (χ4v) is 1.39. The number of carboxylic acids is 1. The van der Waals surface area contributed by atoms with Gasteiger partial charge in [0.05, 0.1) is 0 Å². The van der Waals surface area contributed by atoms with E-state index in [4.69, 9.17) is 21.8 Å². The predicted molar refractivity (Wildman–Crippen MR) is 71.8 cm³/mol. The molecule has 1 aromatic carbocycles. The first-order valence-corrected chi connectivity index (χ1v) is 5.99. The summed E-state index contributed by atoms with van der Waals surface area (Å²) in [6, 6.07) is 6.95. The monoisotopic (exact) mass is 283 g/mol. The summed E-state index contributed by atoms with van der Waals surface area (Å²) in [6.07, 6.45) is 1.45. The van der Waals surface area contributed by atoms with Crippen molar-refractivity contribution in [2.45, 2.75) is 12.5 Å². The van der Waals surface area contributed by atoms with Crippen molar-refractivity contribution in [1.82, 2.24) is 5.32 Å². The van der Waals surface area contributed by atoms with E-state index in [0.717, 1.165) is 5.56 Å². The van der Waals surface area contributed by atoms with Crippen LogP contribution in [0.4, 0.5) is 0 Å². The summed E-state index contributed by atoms with van der Waals surface area (Å²) in [4.78, 5) is 21.7. The number of aliphatic carboxylic acids is 1. The minimum absolute atomic E-state index is 0.0319. The number of carbonyl (C=O) groups is 2. The minimum Gasteiger partial charge on any atom is -0.479 e. The number of aliphatic hydroxyl groups is 1. The first-order valence-electron chi connectivity index (χ1n) is 5.61. The Hall–Kier alpha value is -1.85. The maximum atomic E-state index is 11.4. The third kappa shape index (κ3) is 6.03. The van der Waals surface area contributed by atoms with Crippen molar-refractivity contribution in [3.63, 3.8) is 0 Å². The molecule has 1 atom stereocenters. The Bertz CT molecular complexity index is 470. The van der Waals surface area contributed by atoms with Crippen LogP contribution in [0.2, 0.25) is 5.02 Å². The normalized spacial score (nSPS) is 12.3. The highest BCUT2D eigenvalue weighted by Crippen LogP contribution is 2.10. The summed E-state index contributed by atoms with van der Waals surface area (Å²) in [5, 5.41) is 20.5. The Morgan fingerprint density at radius 1 is 1.32 bits per heavy atom. The molecule has 3 N–H and O–H groups in total. The predicted octanol–water partition coefficient (Wildman–Crippen LogP) is 1.30. The molecule has 1 aromatic rings. The van der Waals surface area contributed by atoms with Crippen molar-refractivity contribution in [3.8, 4) is 0 Å². The summed E-state index contributed by atoms with van der Waals surface area (Å²) in [7, 11) is 0. The second-order valence-corrected chi connectivity index (χ2v) is 4.26. The second-order valence-electron chi connectivity index (χ2n) is 3.82. The van der Waals surface area contributed by atoms with E-state index in [2.05, 4.69) is 5.32 Å². The molecule has 6 heteroatoms. The van der Waals surface area contributed by atoms with Crippen LogP contribution < -0.4 is 5.32 Å². The molecule has 0 fully saturated rings. The molecule has 0 aromatic heterocycles. The molecule has 5 nitrogen and oxygen atoms in total. The van der Waals surface area contributed by atoms with E-state index in [1.165, 1.54) is 6.08 Å². The number of benzene rings is 1. The zero-order chi connectivity index (χ0) is 14.3. The SMILES string of the molecule is O=C(/C=C/c1ccc(Cl)cc1)NCCC(O)C(=O)O. The van der Waals surface area contributed by atoms with E-state index in [1.807, 2.05) is 0 Å². The summed E-state index contributed by atoms with van der Waals surface area (Å²) < 4.78 is 0. The van der Waals surface area contributed by atoms with Gasteiger partial charge < -0.3 is 15.5 Å². The average molecular weight is 284 g/mol. The van der Waals surface area contributed by atoms with Gasteiger partial charge in [-0.2, -0.15) is 0 Å². The average Bonchev–Trinajstić information content (AvgIpc) is 2.37. The molecular weight excluding hydrogens is 270 g/mol. The van der Waals surface area contributed by atoms with Crippen molar-refractivity contribution in [3.05, 3.63) is 40.9 Å². The fourth-order valence-electron chi connectivity index (χ4n) is 1.26. The number of amides is 1. The van der Waals surface area contributed by atoms with Crippen molar-refractivity contribution in [2.24, 2.45) is 0 Å². The molecular formula is C13H14ClNO4. The third-order valence-electron chi connectivity index (χ3n) is 2.30. The molecule has 0 spiro atoms. The molecule has 0 saturated carbocycles. The summed E-state index contributed by atoms with van der Waals surface area (Å²) >= 11 is 5.72. The zero-order valence-corrected chi connectivity index (χ0v) is 10.8. The molecule has 0 aliphatic rings. The van der Waals surface area contributed by atoms with E-state index in [9.17, 15) is 9.59 Å². The zero-order valence-electron chi connectivity index (χ0n) is 10.0. The van der Waals surface area contributed by atoms with Crippen LogP contribution in [-0.4, -0.2) is 34.7 Å². The topological polar surface area (TPSA) is 86.6 Å². The molecule has 19 heavy (non-hydrogen) atoms. The Balaban J connectivity index is 2.35. The molecule has 0 saturated heterocycles. The fraction of sp³-hybridized carbons (Fsp3) is 0.231. The lowest BCUT2D eigenvalue weighted by atomic mass is 10.2. The van der Waals surface area contributed by atoms with Crippen molar-refractivity contribution in [2.75, 3.05) is 6.54 Å². The summed E-state index contributed by atoms with van der Waals surface area (Å²) in [5.74, 6) is -1.65. The second kappa shape index (κ2) is 7.56. The van der Waals surface area contributed by atoms with Crippen LogP contribution in [0.25, 0.3) is 6.08 Å². The van der Waals surface area contributed by atoms with Crippen molar-refractivity contribution < 1.29 is 19.8 Å². The van der Waals surface area contributed by atoms with Gasteiger partial charge in [0.15, 0.2) is 6.10 Å². The number of nitrogens with one attached hydrogen (secondary N) is 1. The van der Waals surface area contributed by atoms with Crippen LogP contribution in [0, 0.1) is 0 Å². The van der Waals surface area contributed by atoms with E-state index in [1.54, 1.807) is 30.3 Å². The van der Waals surface area contributed by atoms with Crippen molar-refractivity contribution >= 4 is 29.6 Å². The molecule has 102 valence electrons. The van der Waals surface area contributed by atoms with Crippen LogP contribution in [0.5, 0.6) is 0 Å². The number of aliphatic hydroxyl groups excluding tert-OH is 1. The summed E-state index contributed by atoms with van der Waals surface area (Å²) in [5.41, 5.74) is 0.824. The van der Waals surface area contributed by atoms with Crippen LogP contribution in [0.3, 0.4) is 0 Å². The number of carboxylic acid groups (broad SMARTS) is 1. The lowest BCUT2D eigenvalue weighted by Gasteiger charge is -2.05. The molecule has 1 unspecified atom stereocenters. The quantitative estimate of drug-likeness (QED) is 0.687. The number of rotatable bonds is 6. The first-order chi connectivity index (χ1) is 8.99. The van der Waals surface area contributed by atoms with Gasteiger partial charge in [0.25, 0.3) is 0 Å². The molecule has 0 bridgehead atoms. The van der Waals surface area contributed by atoms with Crippen molar-refractivity contribution in [1.29, 1.82) is 0 Å². The molecule has 0 radical (unpaired) electrons. The van der Waals surface area contributed by atoms with E-state index >= 15 is 0 Å². The van der Waals surface area contributed by atoms with Crippen LogP contribution >= 0.6 is 11.6 Å². The lowest BCUT2D eigenvalue weighted by Crippen LogP contribution is -2.28. The highest BCUT2D eigenvalue weighted by atomic mass is 35.5. The molecule has 0 aliphatic carbocycles. The van der Waals surface area contributed by atoms with E-state index < -0.39 is 12.1 Å². The molecule has 0 heterocycles. The summed E-state index contributed by atoms with van der Waals surface area (Å²) in [6.45, 7) is 0.0945. The molecule has 1 amide bonds. The highest BCUT2D eigenvalue weighted by molar-refractivity contribution is 6.30. The van der Waals surface area contributed by atoms with Crippen LogP contribution in [0.1, 0.15) is 12.0 Å². The molecule has 0 aliphatic heterocycles. The van der Waals surface area contributed by atoms with Gasteiger partial charge in [-0.3, -0.25) is 4.79 Å². The largest absolute Gasteiger partial charge is 0.479 e. The third-order valence-corrected chi connectivity index (χ3v) is 2.55. The molecule has 1 rings (SSSR count). The Morgan fingerprint density at radius 3 is 2.53 bits per heavy atom. The number of carbonyl (C=O) groups excluding carboxylic acids is 1. The lowest BCUT2D eigenvalue weighted by molar-refractivity contribution is -0.147. The van der Waals surface area contributed by atoms with Gasteiger partial charge in [0.2, 0.25) is 5.91 Å². The van der Waals surface area contributed by atoms with Gasteiger partial charge in [0.1, 0.15) is 0 Å². The Labute approximate surface area is 115 Å². The van der Waals surface area contributed by atoms with Gasteiger partial charge in [-0.05, 0) is 23.8 Å². The number of hydrogen-bond donors (Lipinski definition) is 3. The Kier molecular flexibility index (Phi) is 6.05. The van der Waals surface area contributed by atoms with Crippen LogP contribution in [-0.2, 0) is 9.59 Å². The van der Waals surface area contributed by atoms with Gasteiger partial charge in [-0.1, -0.05) is 23.7 Å². The number of hydrogen-bond acceptors (Lipinski definition) is 3. The van der Waals surface area contributed by atoms with E-state index in [-0.39, 0.29) is 18.9 Å². The number of halogens is 1. The van der Waals surface area contributed by atoms with Crippen LogP contribution in [0.15, 0.2) is 30.3 Å². The highest BCUT2D eigenvalue weighted by Gasteiger charge is 2.12.